The summed E-state index contributed by atoms with van der Waals surface area (Å²) < 4.78 is 0. The zero-order valence-electron chi connectivity index (χ0n) is 14.1. The Labute approximate surface area is 138 Å². The predicted octanol–water partition coefficient (Wildman–Crippen LogP) is 3.54. The van der Waals surface area contributed by atoms with Gasteiger partial charge in [0, 0.05) is 25.3 Å². The van der Waals surface area contributed by atoms with Crippen molar-refractivity contribution in [1.82, 2.24) is 4.90 Å². The van der Waals surface area contributed by atoms with Crippen molar-refractivity contribution in [1.29, 1.82) is 0 Å². The standard InChI is InChI=1S/C20H24N2O/c1-15-9-10-19(16(2)13-15)22-12-11-21(17(3)20(22)23)14-18-7-5-4-6-8-18/h4-10,13,17H,11-12,14H2,1-3H3/t17-/m1/s1. The van der Waals surface area contributed by atoms with E-state index in [1.165, 1.54) is 16.7 Å². The van der Waals surface area contributed by atoms with Crippen LogP contribution in [0.15, 0.2) is 48.5 Å². The van der Waals surface area contributed by atoms with Crippen LogP contribution in [0.25, 0.3) is 0 Å². The average molecular weight is 308 g/mol. The van der Waals surface area contributed by atoms with Crippen molar-refractivity contribution in [2.24, 2.45) is 0 Å². The highest BCUT2D eigenvalue weighted by atomic mass is 16.2. The number of carbonyl (C=O) groups is 1. The Kier molecular flexibility index (Phi) is 4.49. The highest BCUT2D eigenvalue weighted by molar-refractivity contribution is 5.98. The lowest BCUT2D eigenvalue weighted by atomic mass is 10.1. The minimum absolute atomic E-state index is 0.0929. The average Bonchev–Trinajstić information content (AvgIpc) is 2.54. The number of carbonyl (C=O) groups excluding carboxylic acids is 1. The fourth-order valence-electron chi connectivity index (χ4n) is 3.30. The first-order chi connectivity index (χ1) is 11.1. The Morgan fingerprint density at radius 2 is 1.78 bits per heavy atom. The molecule has 0 saturated carbocycles. The molecule has 1 atom stereocenters. The van der Waals surface area contributed by atoms with Gasteiger partial charge in [0.1, 0.15) is 0 Å². The first-order valence-corrected chi connectivity index (χ1v) is 8.23. The van der Waals surface area contributed by atoms with Crippen molar-refractivity contribution in [2.75, 3.05) is 18.0 Å². The number of benzene rings is 2. The minimum atomic E-state index is -0.0929. The van der Waals surface area contributed by atoms with Gasteiger partial charge in [-0.1, -0.05) is 48.0 Å². The highest BCUT2D eigenvalue weighted by Crippen LogP contribution is 2.25. The first-order valence-electron chi connectivity index (χ1n) is 8.23. The van der Waals surface area contributed by atoms with Gasteiger partial charge in [-0.05, 0) is 38.0 Å². The fourth-order valence-corrected chi connectivity index (χ4v) is 3.30. The van der Waals surface area contributed by atoms with E-state index in [-0.39, 0.29) is 11.9 Å². The maximum Gasteiger partial charge on any atom is 0.244 e. The molecule has 3 nitrogen and oxygen atoms in total. The summed E-state index contributed by atoms with van der Waals surface area (Å²) in [7, 11) is 0. The summed E-state index contributed by atoms with van der Waals surface area (Å²) >= 11 is 0. The van der Waals surface area contributed by atoms with Gasteiger partial charge in [0.2, 0.25) is 5.91 Å². The molecule has 2 aromatic rings. The third-order valence-corrected chi connectivity index (χ3v) is 4.65. The van der Waals surface area contributed by atoms with Gasteiger partial charge in [0.15, 0.2) is 0 Å². The smallest absolute Gasteiger partial charge is 0.244 e. The third kappa shape index (κ3) is 3.30. The Hall–Kier alpha value is -2.13. The number of anilines is 1. The number of hydrogen-bond acceptors (Lipinski definition) is 2. The van der Waals surface area contributed by atoms with Crippen molar-refractivity contribution in [3.63, 3.8) is 0 Å². The van der Waals surface area contributed by atoms with Gasteiger partial charge in [-0.2, -0.15) is 0 Å². The zero-order valence-corrected chi connectivity index (χ0v) is 14.1. The van der Waals surface area contributed by atoms with E-state index in [1.54, 1.807) is 0 Å². The largest absolute Gasteiger partial charge is 0.310 e. The van der Waals surface area contributed by atoms with Gasteiger partial charge in [-0.3, -0.25) is 9.69 Å². The lowest BCUT2D eigenvalue weighted by Crippen LogP contribution is -2.55. The summed E-state index contributed by atoms with van der Waals surface area (Å²) in [5.41, 5.74) is 4.70. The van der Waals surface area contributed by atoms with Crippen LogP contribution in [0.3, 0.4) is 0 Å². The Bertz CT molecular complexity index is 696. The Morgan fingerprint density at radius 1 is 1.04 bits per heavy atom. The summed E-state index contributed by atoms with van der Waals surface area (Å²) in [5, 5.41) is 0. The molecule has 0 N–H and O–H groups in total. The van der Waals surface area contributed by atoms with Crippen LogP contribution in [0.4, 0.5) is 5.69 Å². The number of rotatable bonds is 3. The SMILES string of the molecule is Cc1ccc(N2CCN(Cc3ccccc3)[C@H](C)C2=O)c(C)c1. The maximum absolute atomic E-state index is 12.8. The predicted molar refractivity (Wildman–Crippen MR) is 94.6 cm³/mol. The van der Waals surface area contributed by atoms with Gasteiger partial charge in [-0.25, -0.2) is 0 Å². The maximum atomic E-state index is 12.8. The molecule has 120 valence electrons. The summed E-state index contributed by atoms with van der Waals surface area (Å²) in [5.74, 6) is 0.194. The monoisotopic (exact) mass is 308 g/mol. The second-order valence-electron chi connectivity index (χ2n) is 6.41. The fraction of sp³-hybridized carbons (Fsp3) is 0.350. The van der Waals surface area contributed by atoms with Gasteiger partial charge in [0.05, 0.1) is 6.04 Å². The Balaban J connectivity index is 1.76. The second-order valence-corrected chi connectivity index (χ2v) is 6.41. The van der Waals surface area contributed by atoms with Crippen LogP contribution in [0, 0.1) is 13.8 Å². The normalized spacial score (nSPS) is 19.2. The van der Waals surface area contributed by atoms with Crippen LogP contribution >= 0.6 is 0 Å². The third-order valence-electron chi connectivity index (χ3n) is 4.65. The van der Waals surface area contributed by atoms with Crippen LogP contribution in [0.2, 0.25) is 0 Å². The van der Waals surface area contributed by atoms with E-state index in [9.17, 15) is 4.79 Å². The molecule has 0 aromatic heterocycles. The van der Waals surface area contributed by atoms with E-state index in [1.807, 2.05) is 30.0 Å². The van der Waals surface area contributed by atoms with E-state index in [2.05, 4.69) is 49.1 Å². The number of hydrogen-bond donors (Lipinski definition) is 0. The highest BCUT2D eigenvalue weighted by Gasteiger charge is 2.32. The summed E-state index contributed by atoms with van der Waals surface area (Å²) in [6.07, 6.45) is 0. The molecule has 0 spiro atoms. The summed E-state index contributed by atoms with van der Waals surface area (Å²) in [6.45, 7) is 8.65. The number of nitrogens with zero attached hydrogens (tertiary/aromatic N) is 2. The molecule has 23 heavy (non-hydrogen) atoms. The van der Waals surface area contributed by atoms with E-state index < -0.39 is 0 Å². The molecule has 0 bridgehead atoms. The lowest BCUT2D eigenvalue weighted by Gasteiger charge is -2.39. The van der Waals surface area contributed by atoms with Gasteiger partial charge < -0.3 is 4.90 Å². The van der Waals surface area contributed by atoms with Crippen molar-refractivity contribution in [3.8, 4) is 0 Å². The van der Waals surface area contributed by atoms with Gasteiger partial charge in [0.25, 0.3) is 0 Å². The molecule has 0 radical (unpaired) electrons. The first kappa shape index (κ1) is 15.8. The van der Waals surface area contributed by atoms with E-state index >= 15 is 0 Å². The van der Waals surface area contributed by atoms with Gasteiger partial charge in [-0.15, -0.1) is 0 Å². The molecular formula is C20H24N2O. The van der Waals surface area contributed by atoms with Crippen LogP contribution < -0.4 is 4.90 Å². The van der Waals surface area contributed by atoms with E-state index in [0.29, 0.717) is 0 Å². The van der Waals surface area contributed by atoms with Crippen molar-refractivity contribution in [2.45, 2.75) is 33.4 Å². The molecule has 3 heteroatoms. The number of piperazine rings is 1. The molecular weight excluding hydrogens is 284 g/mol. The molecule has 1 fully saturated rings. The van der Waals surface area contributed by atoms with Crippen LogP contribution in [-0.4, -0.2) is 29.9 Å². The molecule has 1 saturated heterocycles. The van der Waals surface area contributed by atoms with Crippen LogP contribution in [-0.2, 0) is 11.3 Å². The number of amides is 1. The minimum Gasteiger partial charge on any atom is -0.310 e. The lowest BCUT2D eigenvalue weighted by molar-refractivity contribution is -0.125. The molecule has 1 amide bonds. The van der Waals surface area contributed by atoms with Gasteiger partial charge >= 0.3 is 0 Å². The molecule has 0 unspecified atom stereocenters. The molecule has 1 aliphatic rings. The molecule has 1 heterocycles. The van der Waals surface area contributed by atoms with E-state index in [0.717, 1.165) is 25.3 Å². The molecule has 2 aromatic carbocycles. The van der Waals surface area contributed by atoms with Crippen molar-refractivity contribution < 1.29 is 4.79 Å². The molecule has 3 rings (SSSR count). The van der Waals surface area contributed by atoms with Crippen molar-refractivity contribution in [3.05, 3.63) is 65.2 Å². The van der Waals surface area contributed by atoms with E-state index in [4.69, 9.17) is 0 Å². The second kappa shape index (κ2) is 6.55. The quantitative estimate of drug-likeness (QED) is 0.866. The molecule has 0 aliphatic carbocycles. The Morgan fingerprint density at radius 3 is 2.48 bits per heavy atom. The molecule has 1 aliphatic heterocycles. The zero-order chi connectivity index (χ0) is 16.4. The summed E-state index contributed by atoms with van der Waals surface area (Å²) in [4.78, 5) is 17.1. The summed E-state index contributed by atoms with van der Waals surface area (Å²) in [6, 6.07) is 16.6. The van der Waals surface area contributed by atoms with Crippen molar-refractivity contribution >= 4 is 11.6 Å². The van der Waals surface area contributed by atoms with Crippen LogP contribution in [0.1, 0.15) is 23.6 Å². The topological polar surface area (TPSA) is 23.6 Å². The van der Waals surface area contributed by atoms with Crippen LogP contribution in [0.5, 0.6) is 0 Å². The number of aryl methyl sites for hydroxylation is 2.